The van der Waals surface area contributed by atoms with E-state index in [-0.39, 0.29) is 5.82 Å². The highest BCUT2D eigenvalue weighted by molar-refractivity contribution is 5.66. The number of halogens is 1. The molecular formula is C16H22FN3. The summed E-state index contributed by atoms with van der Waals surface area (Å²) < 4.78 is 15.4. The molecule has 3 nitrogen and oxygen atoms in total. The normalized spacial score (nSPS) is 10.9. The van der Waals surface area contributed by atoms with Crippen LogP contribution in [-0.4, -0.2) is 16.3 Å². The van der Waals surface area contributed by atoms with Crippen LogP contribution >= 0.6 is 0 Å². The topological polar surface area (TPSA) is 29.9 Å². The van der Waals surface area contributed by atoms with E-state index in [0.29, 0.717) is 6.54 Å². The summed E-state index contributed by atoms with van der Waals surface area (Å²) in [6.45, 7) is 6.77. The summed E-state index contributed by atoms with van der Waals surface area (Å²) in [6.07, 6.45) is 6.00. The van der Waals surface area contributed by atoms with Gasteiger partial charge in [-0.25, -0.2) is 4.39 Å². The molecule has 1 heterocycles. The first-order valence-corrected chi connectivity index (χ1v) is 7.26. The first-order valence-electron chi connectivity index (χ1n) is 7.26. The van der Waals surface area contributed by atoms with Crippen LogP contribution in [0.25, 0.3) is 11.1 Å². The van der Waals surface area contributed by atoms with Gasteiger partial charge in [0.25, 0.3) is 0 Å². The van der Waals surface area contributed by atoms with Crippen molar-refractivity contribution < 1.29 is 4.39 Å². The van der Waals surface area contributed by atoms with E-state index in [0.717, 1.165) is 42.6 Å². The van der Waals surface area contributed by atoms with Gasteiger partial charge in [0.1, 0.15) is 5.82 Å². The highest BCUT2D eigenvalue weighted by Crippen LogP contribution is 2.24. The van der Waals surface area contributed by atoms with Crippen molar-refractivity contribution in [3.63, 3.8) is 0 Å². The van der Waals surface area contributed by atoms with Gasteiger partial charge < -0.3 is 5.32 Å². The van der Waals surface area contributed by atoms with Gasteiger partial charge in [-0.15, -0.1) is 0 Å². The van der Waals surface area contributed by atoms with Crippen molar-refractivity contribution in [1.29, 1.82) is 0 Å². The Morgan fingerprint density at radius 3 is 2.85 bits per heavy atom. The molecule has 0 fully saturated rings. The van der Waals surface area contributed by atoms with Gasteiger partial charge in [-0.1, -0.05) is 19.9 Å². The minimum atomic E-state index is -0.192. The van der Waals surface area contributed by atoms with Crippen molar-refractivity contribution >= 4 is 0 Å². The molecule has 0 amide bonds. The third-order valence-electron chi connectivity index (χ3n) is 3.21. The molecule has 0 aliphatic rings. The Morgan fingerprint density at radius 1 is 1.25 bits per heavy atom. The van der Waals surface area contributed by atoms with E-state index in [4.69, 9.17) is 0 Å². The van der Waals surface area contributed by atoms with E-state index in [1.165, 1.54) is 6.07 Å². The highest BCUT2D eigenvalue weighted by atomic mass is 19.1. The molecule has 4 heteroatoms. The Hall–Kier alpha value is -1.68. The van der Waals surface area contributed by atoms with Gasteiger partial charge in [0.2, 0.25) is 0 Å². The zero-order valence-electron chi connectivity index (χ0n) is 12.2. The lowest BCUT2D eigenvalue weighted by Gasteiger charge is -2.09. The minimum absolute atomic E-state index is 0.192. The van der Waals surface area contributed by atoms with E-state index in [9.17, 15) is 4.39 Å². The van der Waals surface area contributed by atoms with Gasteiger partial charge in [-0.3, -0.25) is 4.68 Å². The lowest BCUT2D eigenvalue weighted by atomic mass is 10.0. The Labute approximate surface area is 119 Å². The number of aromatic nitrogens is 2. The number of benzene rings is 1. The summed E-state index contributed by atoms with van der Waals surface area (Å²) in [5.74, 6) is -0.192. The standard InChI is InChI=1S/C16H22FN3/c1-3-7-18-10-13-9-15(17)5-6-16(13)14-11-19-20(12-14)8-4-2/h5-6,9,11-12,18H,3-4,7-8,10H2,1-2H3. The predicted molar refractivity (Wildman–Crippen MR) is 79.9 cm³/mol. The summed E-state index contributed by atoms with van der Waals surface area (Å²) in [6, 6.07) is 4.95. The van der Waals surface area contributed by atoms with E-state index in [1.54, 1.807) is 6.07 Å². The predicted octanol–water partition coefficient (Wildman–Crippen LogP) is 3.60. The molecule has 1 aromatic carbocycles. The molecular weight excluding hydrogens is 253 g/mol. The molecule has 0 aliphatic heterocycles. The maximum absolute atomic E-state index is 13.4. The monoisotopic (exact) mass is 275 g/mol. The second-order valence-corrected chi connectivity index (χ2v) is 4.97. The molecule has 0 saturated carbocycles. The average molecular weight is 275 g/mol. The van der Waals surface area contributed by atoms with Gasteiger partial charge >= 0.3 is 0 Å². The SMILES string of the molecule is CCCNCc1cc(F)ccc1-c1cnn(CCC)c1. The first kappa shape index (κ1) is 14.7. The third kappa shape index (κ3) is 3.67. The van der Waals surface area contributed by atoms with Crippen LogP contribution in [0.5, 0.6) is 0 Å². The fourth-order valence-corrected chi connectivity index (χ4v) is 2.24. The number of nitrogens with one attached hydrogen (secondary N) is 1. The van der Waals surface area contributed by atoms with Gasteiger partial charge in [0.05, 0.1) is 6.20 Å². The lowest BCUT2D eigenvalue weighted by Crippen LogP contribution is -2.14. The van der Waals surface area contributed by atoms with Crippen molar-refractivity contribution in [2.24, 2.45) is 0 Å². The second kappa shape index (κ2) is 7.20. The number of hydrogen-bond acceptors (Lipinski definition) is 2. The average Bonchev–Trinajstić information content (AvgIpc) is 2.88. The fourth-order valence-electron chi connectivity index (χ4n) is 2.24. The molecule has 0 spiro atoms. The minimum Gasteiger partial charge on any atom is -0.313 e. The second-order valence-electron chi connectivity index (χ2n) is 4.97. The highest BCUT2D eigenvalue weighted by Gasteiger charge is 2.08. The summed E-state index contributed by atoms with van der Waals surface area (Å²) in [4.78, 5) is 0. The molecule has 0 atom stereocenters. The van der Waals surface area contributed by atoms with Crippen LogP contribution in [0.2, 0.25) is 0 Å². The van der Waals surface area contributed by atoms with Crippen LogP contribution in [0.1, 0.15) is 32.3 Å². The molecule has 2 aromatic rings. The Kier molecular flexibility index (Phi) is 5.30. The Balaban J connectivity index is 2.24. The van der Waals surface area contributed by atoms with Crippen LogP contribution in [0.4, 0.5) is 4.39 Å². The maximum Gasteiger partial charge on any atom is 0.123 e. The molecule has 1 N–H and O–H groups in total. The largest absolute Gasteiger partial charge is 0.313 e. The van der Waals surface area contributed by atoms with Crippen LogP contribution in [-0.2, 0) is 13.1 Å². The Morgan fingerprint density at radius 2 is 2.10 bits per heavy atom. The molecule has 0 radical (unpaired) electrons. The smallest absolute Gasteiger partial charge is 0.123 e. The van der Waals surface area contributed by atoms with Crippen molar-refractivity contribution in [2.75, 3.05) is 6.54 Å². The molecule has 2 rings (SSSR count). The van der Waals surface area contributed by atoms with Crippen LogP contribution < -0.4 is 5.32 Å². The lowest BCUT2D eigenvalue weighted by molar-refractivity contribution is 0.603. The third-order valence-corrected chi connectivity index (χ3v) is 3.21. The van der Waals surface area contributed by atoms with Gasteiger partial charge in [0, 0.05) is 24.8 Å². The molecule has 108 valence electrons. The molecule has 0 bridgehead atoms. The Bertz CT molecular complexity index is 548. The number of hydrogen-bond donors (Lipinski definition) is 1. The fraction of sp³-hybridized carbons (Fsp3) is 0.438. The maximum atomic E-state index is 13.4. The van der Waals surface area contributed by atoms with Crippen molar-refractivity contribution in [3.8, 4) is 11.1 Å². The van der Waals surface area contributed by atoms with E-state index in [2.05, 4.69) is 24.3 Å². The zero-order valence-corrected chi connectivity index (χ0v) is 12.2. The van der Waals surface area contributed by atoms with Crippen LogP contribution in [0, 0.1) is 5.82 Å². The van der Waals surface area contributed by atoms with E-state index >= 15 is 0 Å². The van der Waals surface area contributed by atoms with Crippen molar-refractivity contribution in [1.82, 2.24) is 15.1 Å². The summed E-state index contributed by atoms with van der Waals surface area (Å²) in [7, 11) is 0. The van der Waals surface area contributed by atoms with E-state index < -0.39 is 0 Å². The quantitative estimate of drug-likeness (QED) is 0.782. The summed E-state index contributed by atoms with van der Waals surface area (Å²) >= 11 is 0. The molecule has 1 aromatic heterocycles. The van der Waals surface area contributed by atoms with Crippen LogP contribution in [0.15, 0.2) is 30.6 Å². The van der Waals surface area contributed by atoms with Gasteiger partial charge in [-0.05, 0) is 42.6 Å². The molecule has 0 aliphatic carbocycles. The van der Waals surface area contributed by atoms with Crippen LogP contribution in [0.3, 0.4) is 0 Å². The number of nitrogens with zero attached hydrogens (tertiary/aromatic N) is 2. The number of aryl methyl sites for hydroxylation is 1. The molecule has 20 heavy (non-hydrogen) atoms. The zero-order chi connectivity index (χ0) is 14.4. The van der Waals surface area contributed by atoms with E-state index in [1.807, 2.05) is 23.1 Å². The van der Waals surface area contributed by atoms with Gasteiger partial charge in [-0.2, -0.15) is 5.10 Å². The van der Waals surface area contributed by atoms with Crippen molar-refractivity contribution in [2.45, 2.75) is 39.8 Å². The van der Waals surface area contributed by atoms with Crippen molar-refractivity contribution in [3.05, 3.63) is 42.0 Å². The first-order chi connectivity index (χ1) is 9.74. The molecule has 0 saturated heterocycles. The van der Waals surface area contributed by atoms with Gasteiger partial charge in [0.15, 0.2) is 0 Å². The number of rotatable bonds is 7. The molecule has 0 unspecified atom stereocenters. The summed E-state index contributed by atoms with van der Waals surface area (Å²) in [5.41, 5.74) is 3.08. The summed E-state index contributed by atoms with van der Waals surface area (Å²) in [5, 5.41) is 7.67.